The Balaban J connectivity index is 2.12. The first-order valence-electron chi connectivity index (χ1n) is 5.99. The lowest BCUT2D eigenvalue weighted by Gasteiger charge is -2.07. The Morgan fingerprint density at radius 1 is 1.10 bits per heavy atom. The fraction of sp³-hybridized carbons (Fsp3) is 0.200. The molecule has 0 aliphatic carbocycles. The van der Waals surface area contributed by atoms with Crippen molar-refractivity contribution in [2.75, 3.05) is 0 Å². The molecule has 0 aliphatic heterocycles. The summed E-state index contributed by atoms with van der Waals surface area (Å²) in [5.74, 6) is -0.214. The number of carbonyl (C=O) groups excluding carboxylic acids is 1. The summed E-state index contributed by atoms with van der Waals surface area (Å²) in [6.07, 6.45) is -4.32. The average Bonchev–Trinajstić information content (AvgIpc) is 2.38. The number of rotatable bonds is 3. The Morgan fingerprint density at radius 2 is 1.75 bits per heavy atom. The lowest BCUT2D eigenvalue weighted by molar-refractivity contribution is -0.137. The van der Waals surface area contributed by atoms with Gasteiger partial charge in [0.2, 0.25) is 0 Å². The molecule has 104 valence electrons. The van der Waals surface area contributed by atoms with E-state index in [4.69, 9.17) is 0 Å². The van der Waals surface area contributed by atoms with E-state index in [-0.39, 0.29) is 12.2 Å². The zero-order valence-electron chi connectivity index (χ0n) is 10.7. The number of ketones is 1. The van der Waals surface area contributed by atoms with Gasteiger partial charge in [0.25, 0.3) is 0 Å². The highest BCUT2D eigenvalue weighted by Crippen LogP contribution is 2.29. The third-order valence-electron chi connectivity index (χ3n) is 2.82. The minimum atomic E-state index is -4.36. The zero-order chi connectivity index (χ0) is 14.8. The van der Waals surface area contributed by atoms with E-state index in [9.17, 15) is 18.0 Å². The molecule has 1 aromatic carbocycles. The van der Waals surface area contributed by atoms with Gasteiger partial charge in [-0.25, -0.2) is 0 Å². The molecule has 0 aliphatic rings. The van der Waals surface area contributed by atoms with Crippen LogP contribution in [0.3, 0.4) is 0 Å². The number of hydrogen-bond donors (Lipinski definition) is 0. The minimum Gasteiger partial charge on any atom is -0.292 e. The van der Waals surface area contributed by atoms with E-state index in [1.807, 2.05) is 0 Å². The van der Waals surface area contributed by atoms with Crippen molar-refractivity contribution in [2.24, 2.45) is 0 Å². The number of benzene rings is 1. The molecule has 0 radical (unpaired) electrons. The maximum Gasteiger partial charge on any atom is 0.416 e. The van der Waals surface area contributed by atoms with E-state index in [0.717, 1.165) is 17.8 Å². The first-order valence-corrected chi connectivity index (χ1v) is 5.99. The number of alkyl halides is 3. The molecule has 0 N–H and O–H groups in total. The third kappa shape index (κ3) is 3.44. The molecule has 20 heavy (non-hydrogen) atoms. The summed E-state index contributed by atoms with van der Waals surface area (Å²) in [5.41, 5.74) is 0.863. The van der Waals surface area contributed by atoms with Gasteiger partial charge in [0, 0.05) is 12.1 Å². The van der Waals surface area contributed by atoms with Crippen LogP contribution in [0.15, 0.2) is 42.5 Å². The van der Waals surface area contributed by atoms with Crippen LogP contribution < -0.4 is 0 Å². The SMILES string of the molecule is Cc1cccc(C(=O)Cc2ccc(C(F)(F)F)cc2)n1. The summed E-state index contributed by atoms with van der Waals surface area (Å²) >= 11 is 0. The van der Waals surface area contributed by atoms with Gasteiger partial charge in [0.1, 0.15) is 5.69 Å². The van der Waals surface area contributed by atoms with E-state index in [1.165, 1.54) is 12.1 Å². The third-order valence-corrected chi connectivity index (χ3v) is 2.82. The van der Waals surface area contributed by atoms with Crippen LogP contribution in [0.2, 0.25) is 0 Å². The number of aryl methyl sites for hydroxylation is 1. The highest BCUT2D eigenvalue weighted by molar-refractivity contribution is 5.95. The molecule has 2 rings (SSSR count). The molecule has 0 bridgehead atoms. The number of aromatic nitrogens is 1. The Morgan fingerprint density at radius 3 is 2.30 bits per heavy atom. The molecule has 0 saturated heterocycles. The van der Waals surface area contributed by atoms with Gasteiger partial charge < -0.3 is 0 Å². The van der Waals surface area contributed by atoms with Crippen LogP contribution >= 0.6 is 0 Å². The molecule has 0 spiro atoms. The predicted octanol–water partition coefficient (Wildman–Crippen LogP) is 3.83. The Hall–Kier alpha value is -2.17. The first-order chi connectivity index (χ1) is 9.36. The van der Waals surface area contributed by atoms with Crippen molar-refractivity contribution in [3.8, 4) is 0 Å². The molecule has 0 fully saturated rings. The predicted molar refractivity (Wildman–Crippen MR) is 68.5 cm³/mol. The molecule has 2 nitrogen and oxygen atoms in total. The fourth-order valence-corrected chi connectivity index (χ4v) is 1.79. The molecule has 0 atom stereocenters. The summed E-state index contributed by atoms with van der Waals surface area (Å²) in [5, 5.41) is 0. The second-order valence-corrected chi connectivity index (χ2v) is 4.46. The highest BCUT2D eigenvalue weighted by Gasteiger charge is 2.29. The van der Waals surface area contributed by atoms with E-state index < -0.39 is 11.7 Å². The van der Waals surface area contributed by atoms with Gasteiger partial charge in [-0.1, -0.05) is 18.2 Å². The topological polar surface area (TPSA) is 30.0 Å². The van der Waals surface area contributed by atoms with Crippen LogP contribution in [-0.4, -0.2) is 10.8 Å². The standard InChI is InChI=1S/C15H12F3NO/c1-10-3-2-4-13(19-10)14(20)9-11-5-7-12(8-6-11)15(16,17)18/h2-8H,9H2,1H3. The molecule has 1 aromatic heterocycles. The van der Waals surface area contributed by atoms with Gasteiger partial charge >= 0.3 is 6.18 Å². The van der Waals surface area contributed by atoms with Crippen molar-refractivity contribution < 1.29 is 18.0 Å². The van der Waals surface area contributed by atoms with Crippen LogP contribution in [-0.2, 0) is 12.6 Å². The van der Waals surface area contributed by atoms with E-state index >= 15 is 0 Å². The minimum absolute atomic E-state index is 0.0363. The second-order valence-electron chi connectivity index (χ2n) is 4.46. The van der Waals surface area contributed by atoms with Crippen molar-refractivity contribution in [1.82, 2.24) is 4.98 Å². The highest BCUT2D eigenvalue weighted by atomic mass is 19.4. The number of Topliss-reactive ketones (excluding diaryl/α,β-unsaturated/α-hetero) is 1. The van der Waals surface area contributed by atoms with Crippen molar-refractivity contribution in [3.63, 3.8) is 0 Å². The summed E-state index contributed by atoms with van der Waals surface area (Å²) in [6, 6.07) is 9.68. The van der Waals surface area contributed by atoms with Crippen molar-refractivity contribution in [1.29, 1.82) is 0 Å². The summed E-state index contributed by atoms with van der Waals surface area (Å²) in [4.78, 5) is 16.1. The number of pyridine rings is 1. The van der Waals surface area contributed by atoms with Crippen LogP contribution in [0.5, 0.6) is 0 Å². The van der Waals surface area contributed by atoms with Crippen LogP contribution in [0, 0.1) is 6.92 Å². The smallest absolute Gasteiger partial charge is 0.292 e. The van der Waals surface area contributed by atoms with Crippen molar-refractivity contribution in [3.05, 3.63) is 65.0 Å². The molecule has 5 heteroatoms. The van der Waals surface area contributed by atoms with Gasteiger partial charge in [-0.15, -0.1) is 0 Å². The largest absolute Gasteiger partial charge is 0.416 e. The molecular formula is C15H12F3NO. The monoisotopic (exact) mass is 279 g/mol. The van der Waals surface area contributed by atoms with Gasteiger partial charge in [0.15, 0.2) is 5.78 Å². The maximum atomic E-state index is 12.4. The Kier molecular flexibility index (Phi) is 3.88. The fourth-order valence-electron chi connectivity index (χ4n) is 1.79. The van der Waals surface area contributed by atoms with Gasteiger partial charge in [-0.05, 0) is 36.8 Å². The maximum absolute atomic E-state index is 12.4. The summed E-state index contributed by atoms with van der Waals surface area (Å²) in [7, 11) is 0. The second kappa shape index (κ2) is 5.45. The molecule has 0 amide bonds. The van der Waals surface area contributed by atoms with Crippen LogP contribution in [0.25, 0.3) is 0 Å². The Bertz CT molecular complexity index is 618. The summed E-state index contributed by atoms with van der Waals surface area (Å²) < 4.78 is 37.2. The lowest BCUT2D eigenvalue weighted by Crippen LogP contribution is -2.08. The summed E-state index contributed by atoms with van der Waals surface area (Å²) in [6.45, 7) is 1.77. The van der Waals surface area contributed by atoms with Gasteiger partial charge in [0.05, 0.1) is 5.56 Å². The van der Waals surface area contributed by atoms with Crippen molar-refractivity contribution >= 4 is 5.78 Å². The normalized spacial score (nSPS) is 11.4. The number of halogens is 3. The number of carbonyl (C=O) groups is 1. The molecule has 2 aromatic rings. The van der Waals surface area contributed by atoms with E-state index in [1.54, 1.807) is 25.1 Å². The Labute approximate surface area is 114 Å². The molecule has 0 unspecified atom stereocenters. The van der Waals surface area contributed by atoms with Crippen LogP contribution in [0.4, 0.5) is 13.2 Å². The lowest BCUT2D eigenvalue weighted by atomic mass is 10.0. The molecule has 1 heterocycles. The molecular weight excluding hydrogens is 267 g/mol. The average molecular weight is 279 g/mol. The quantitative estimate of drug-likeness (QED) is 0.799. The molecule has 0 saturated carbocycles. The van der Waals surface area contributed by atoms with Gasteiger partial charge in [-0.3, -0.25) is 9.78 Å². The zero-order valence-corrected chi connectivity index (χ0v) is 10.7. The van der Waals surface area contributed by atoms with Crippen molar-refractivity contribution in [2.45, 2.75) is 19.5 Å². The van der Waals surface area contributed by atoms with Gasteiger partial charge in [-0.2, -0.15) is 13.2 Å². The first kappa shape index (κ1) is 14.2. The number of hydrogen-bond acceptors (Lipinski definition) is 2. The van der Waals surface area contributed by atoms with Crippen LogP contribution in [0.1, 0.15) is 27.3 Å². The van der Waals surface area contributed by atoms with E-state index in [2.05, 4.69) is 4.98 Å². The number of nitrogens with zero attached hydrogens (tertiary/aromatic N) is 1. The van der Waals surface area contributed by atoms with E-state index in [0.29, 0.717) is 11.3 Å².